The zero-order valence-electron chi connectivity index (χ0n) is 11.5. The highest BCUT2D eigenvalue weighted by Gasteiger charge is 2.17. The molecule has 7 heteroatoms. The molecule has 108 valence electrons. The van der Waals surface area contributed by atoms with Crippen molar-refractivity contribution in [3.8, 4) is 5.75 Å². The Morgan fingerprint density at radius 1 is 1.53 bits per heavy atom. The first-order chi connectivity index (χ1) is 9.20. The van der Waals surface area contributed by atoms with Crippen molar-refractivity contribution in [1.82, 2.24) is 9.27 Å². The van der Waals surface area contributed by atoms with Crippen LogP contribution in [-0.2, 0) is 4.74 Å². The van der Waals surface area contributed by atoms with E-state index in [1.807, 2.05) is 6.92 Å². The van der Waals surface area contributed by atoms with Gasteiger partial charge >= 0.3 is 0 Å². The highest BCUT2D eigenvalue weighted by molar-refractivity contribution is 7.11. The maximum absolute atomic E-state index is 5.79. The first kappa shape index (κ1) is 14.4. The Morgan fingerprint density at radius 3 is 2.95 bits per heavy atom. The van der Waals surface area contributed by atoms with E-state index < -0.39 is 0 Å². The van der Waals surface area contributed by atoms with E-state index in [-0.39, 0.29) is 0 Å². The SMILES string of the molecule is CCOc1c(N)nsc1NC(C)CN1CCOCC1. The van der Waals surface area contributed by atoms with E-state index in [0.29, 0.717) is 24.2 Å². The Bertz CT molecular complexity index is 393. The van der Waals surface area contributed by atoms with Crippen molar-refractivity contribution in [1.29, 1.82) is 0 Å². The Hall–Kier alpha value is -1.05. The number of aromatic nitrogens is 1. The number of ether oxygens (including phenoxy) is 2. The summed E-state index contributed by atoms with van der Waals surface area (Å²) in [4.78, 5) is 2.39. The van der Waals surface area contributed by atoms with Gasteiger partial charge in [-0.3, -0.25) is 4.90 Å². The normalized spacial score (nSPS) is 18.2. The average molecular weight is 286 g/mol. The molecule has 1 aliphatic rings. The summed E-state index contributed by atoms with van der Waals surface area (Å²) in [7, 11) is 0. The van der Waals surface area contributed by atoms with E-state index in [1.54, 1.807) is 0 Å². The molecule has 0 radical (unpaired) electrons. The Balaban J connectivity index is 1.88. The molecule has 6 nitrogen and oxygen atoms in total. The van der Waals surface area contributed by atoms with Gasteiger partial charge < -0.3 is 20.5 Å². The monoisotopic (exact) mass is 286 g/mol. The van der Waals surface area contributed by atoms with Crippen molar-refractivity contribution in [2.24, 2.45) is 0 Å². The average Bonchev–Trinajstić information content (AvgIpc) is 2.73. The number of rotatable bonds is 6. The molecule has 1 atom stereocenters. The summed E-state index contributed by atoms with van der Waals surface area (Å²) in [6.45, 7) is 9.31. The predicted octanol–water partition coefficient (Wildman–Crippen LogP) is 1.26. The van der Waals surface area contributed by atoms with Gasteiger partial charge in [0.05, 0.1) is 19.8 Å². The summed E-state index contributed by atoms with van der Waals surface area (Å²) in [5.74, 6) is 1.15. The van der Waals surface area contributed by atoms with E-state index >= 15 is 0 Å². The molecule has 0 aliphatic carbocycles. The molecule has 0 aromatic carbocycles. The molecule has 1 aromatic rings. The Labute approximate surface area is 118 Å². The zero-order valence-corrected chi connectivity index (χ0v) is 12.3. The lowest BCUT2D eigenvalue weighted by molar-refractivity contribution is 0.0368. The molecule has 19 heavy (non-hydrogen) atoms. The fraction of sp³-hybridized carbons (Fsp3) is 0.750. The van der Waals surface area contributed by atoms with Gasteiger partial charge in [-0.25, -0.2) is 0 Å². The van der Waals surface area contributed by atoms with Crippen LogP contribution in [0.25, 0.3) is 0 Å². The number of morpholine rings is 1. The van der Waals surface area contributed by atoms with E-state index in [9.17, 15) is 0 Å². The van der Waals surface area contributed by atoms with Gasteiger partial charge in [-0.15, -0.1) is 0 Å². The molecule has 1 saturated heterocycles. The summed E-state index contributed by atoms with van der Waals surface area (Å²) < 4.78 is 15.0. The number of hydrogen-bond acceptors (Lipinski definition) is 7. The van der Waals surface area contributed by atoms with Gasteiger partial charge in [0.15, 0.2) is 16.6 Å². The van der Waals surface area contributed by atoms with Crippen LogP contribution in [0.5, 0.6) is 5.75 Å². The van der Waals surface area contributed by atoms with Crippen LogP contribution in [0.3, 0.4) is 0 Å². The van der Waals surface area contributed by atoms with E-state index in [2.05, 4.69) is 21.5 Å². The van der Waals surface area contributed by atoms with Gasteiger partial charge in [0.1, 0.15) is 0 Å². The molecular weight excluding hydrogens is 264 g/mol. The van der Waals surface area contributed by atoms with E-state index in [4.69, 9.17) is 15.2 Å². The van der Waals surface area contributed by atoms with Crippen molar-refractivity contribution < 1.29 is 9.47 Å². The van der Waals surface area contributed by atoms with Crippen molar-refractivity contribution in [2.45, 2.75) is 19.9 Å². The van der Waals surface area contributed by atoms with Crippen LogP contribution in [0.4, 0.5) is 10.8 Å². The topological polar surface area (TPSA) is 72.6 Å². The third-order valence-corrected chi connectivity index (χ3v) is 3.75. The first-order valence-electron chi connectivity index (χ1n) is 6.65. The van der Waals surface area contributed by atoms with Crippen molar-refractivity contribution >= 4 is 22.4 Å². The minimum atomic E-state index is 0.317. The molecular formula is C12H22N4O2S. The molecule has 0 saturated carbocycles. The summed E-state index contributed by atoms with van der Waals surface area (Å²) in [6.07, 6.45) is 0. The van der Waals surface area contributed by atoms with Crippen molar-refractivity contribution in [3.05, 3.63) is 0 Å². The molecule has 1 aliphatic heterocycles. The van der Waals surface area contributed by atoms with Crippen LogP contribution in [0.15, 0.2) is 0 Å². The molecule has 0 amide bonds. The molecule has 0 spiro atoms. The Morgan fingerprint density at radius 2 is 2.26 bits per heavy atom. The van der Waals surface area contributed by atoms with E-state index in [0.717, 1.165) is 37.8 Å². The van der Waals surface area contributed by atoms with Crippen LogP contribution < -0.4 is 15.8 Å². The maximum atomic E-state index is 5.79. The second-order valence-corrected chi connectivity index (χ2v) is 5.39. The standard InChI is InChI=1S/C12H22N4O2S/c1-3-18-10-11(13)15-19-12(10)14-9(2)8-16-4-6-17-7-5-16/h9,14H,3-8H2,1-2H3,(H2,13,15). The predicted molar refractivity (Wildman–Crippen MR) is 78.0 cm³/mol. The molecule has 1 unspecified atom stereocenters. The van der Waals surface area contributed by atoms with Crippen LogP contribution in [0, 0.1) is 0 Å². The van der Waals surface area contributed by atoms with Crippen LogP contribution in [-0.4, -0.2) is 54.8 Å². The third kappa shape index (κ3) is 3.95. The zero-order chi connectivity index (χ0) is 13.7. The highest BCUT2D eigenvalue weighted by Crippen LogP contribution is 2.35. The Kier molecular flexibility index (Phi) is 5.24. The van der Waals surface area contributed by atoms with Gasteiger partial charge in [-0.2, -0.15) is 4.37 Å². The fourth-order valence-electron chi connectivity index (χ4n) is 2.11. The first-order valence-corrected chi connectivity index (χ1v) is 7.42. The number of anilines is 2. The van der Waals surface area contributed by atoms with Gasteiger partial charge in [-0.05, 0) is 25.4 Å². The summed E-state index contributed by atoms with van der Waals surface area (Å²) >= 11 is 1.35. The molecule has 2 heterocycles. The number of nitrogens with one attached hydrogen (secondary N) is 1. The van der Waals surface area contributed by atoms with Gasteiger partial charge in [0.2, 0.25) is 0 Å². The molecule has 3 N–H and O–H groups in total. The number of nitrogens with two attached hydrogens (primary N) is 1. The third-order valence-electron chi connectivity index (χ3n) is 2.98. The lowest BCUT2D eigenvalue weighted by Crippen LogP contribution is -2.42. The van der Waals surface area contributed by atoms with Crippen LogP contribution in [0.1, 0.15) is 13.8 Å². The largest absolute Gasteiger partial charge is 0.487 e. The number of nitrogen functional groups attached to an aromatic ring is 1. The molecule has 1 aromatic heterocycles. The lowest BCUT2D eigenvalue weighted by Gasteiger charge is -2.29. The molecule has 1 fully saturated rings. The summed E-state index contributed by atoms with van der Waals surface area (Å²) in [5, 5.41) is 4.35. The minimum absolute atomic E-state index is 0.317. The van der Waals surface area contributed by atoms with Crippen LogP contribution >= 0.6 is 11.5 Å². The number of nitrogens with zero attached hydrogens (tertiary/aromatic N) is 2. The van der Waals surface area contributed by atoms with Gasteiger partial charge in [-0.1, -0.05) is 0 Å². The maximum Gasteiger partial charge on any atom is 0.197 e. The summed E-state index contributed by atoms with van der Waals surface area (Å²) in [5.41, 5.74) is 5.79. The molecule has 2 rings (SSSR count). The van der Waals surface area contributed by atoms with E-state index in [1.165, 1.54) is 11.5 Å². The number of hydrogen-bond donors (Lipinski definition) is 2. The van der Waals surface area contributed by atoms with Crippen molar-refractivity contribution in [3.63, 3.8) is 0 Å². The smallest absolute Gasteiger partial charge is 0.197 e. The summed E-state index contributed by atoms with van der Waals surface area (Å²) in [6, 6.07) is 0.317. The highest BCUT2D eigenvalue weighted by atomic mass is 32.1. The quantitative estimate of drug-likeness (QED) is 0.820. The van der Waals surface area contributed by atoms with Gasteiger partial charge in [0.25, 0.3) is 0 Å². The molecule has 0 bridgehead atoms. The fourth-order valence-corrected chi connectivity index (χ4v) is 2.88. The second kappa shape index (κ2) is 6.93. The van der Waals surface area contributed by atoms with Gasteiger partial charge in [0, 0.05) is 25.7 Å². The minimum Gasteiger partial charge on any atom is -0.487 e. The van der Waals surface area contributed by atoms with Crippen molar-refractivity contribution in [2.75, 3.05) is 50.5 Å². The lowest BCUT2D eigenvalue weighted by atomic mass is 10.3. The second-order valence-electron chi connectivity index (χ2n) is 4.62. The van der Waals surface area contributed by atoms with Crippen LogP contribution in [0.2, 0.25) is 0 Å².